The van der Waals surface area contributed by atoms with Gasteiger partial charge < -0.3 is 9.55 Å². The number of fused-ring (bicyclic) bond motifs is 1. The third-order valence-electron chi connectivity index (χ3n) is 4.76. The van der Waals surface area contributed by atoms with Crippen LogP contribution in [0.3, 0.4) is 0 Å². The van der Waals surface area contributed by atoms with Crippen molar-refractivity contribution >= 4 is 32.5 Å². The number of aromatic amines is 1. The molecule has 0 bridgehead atoms. The lowest BCUT2D eigenvalue weighted by Crippen LogP contribution is -2.29. The Labute approximate surface area is 168 Å². The first-order valence-corrected chi connectivity index (χ1v) is 10.6. The number of rotatable bonds is 6. The Hall–Kier alpha value is -2.61. The van der Waals surface area contributed by atoms with Crippen LogP contribution in [-0.2, 0) is 17.1 Å². The smallest absolute Gasteiger partial charge is 0.261 e. The fraction of sp³-hybridized carbons (Fsp3) is 0.150. The molecular weight excluding hydrogens is 396 g/mol. The van der Waals surface area contributed by atoms with Crippen molar-refractivity contribution in [2.75, 3.05) is 6.54 Å². The van der Waals surface area contributed by atoms with Crippen molar-refractivity contribution in [2.45, 2.75) is 10.9 Å². The van der Waals surface area contributed by atoms with Gasteiger partial charge in [-0.25, -0.2) is 18.1 Å². The highest BCUT2D eigenvalue weighted by Crippen LogP contribution is 2.31. The Morgan fingerprint density at radius 3 is 2.57 bits per heavy atom. The first-order valence-electron chi connectivity index (χ1n) is 8.75. The highest BCUT2D eigenvalue weighted by molar-refractivity contribution is 7.89. The van der Waals surface area contributed by atoms with Crippen LogP contribution in [0, 0.1) is 0 Å². The number of nitrogens with zero attached hydrogens (tertiary/aromatic N) is 2. The Balaban J connectivity index is 1.70. The third-order valence-corrected chi connectivity index (χ3v) is 6.68. The maximum Gasteiger partial charge on any atom is 0.261 e. The highest BCUT2D eigenvalue weighted by Gasteiger charge is 2.25. The molecule has 4 aromatic rings. The molecule has 0 amide bonds. The monoisotopic (exact) mass is 414 g/mol. The van der Waals surface area contributed by atoms with Crippen LogP contribution >= 0.6 is 11.6 Å². The molecule has 2 N–H and O–H groups in total. The molecule has 0 radical (unpaired) electrons. The second kappa shape index (κ2) is 7.43. The third kappa shape index (κ3) is 3.44. The van der Waals surface area contributed by atoms with Gasteiger partial charge in [0.15, 0.2) is 0 Å². The number of imidazole rings is 1. The largest absolute Gasteiger partial charge is 0.361 e. The molecule has 0 spiro atoms. The number of aryl methyl sites for hydroxylation is 1. The lowest BCUT2D eigenvalue weighted by Gasteiger charge is -2.18. The topological polar surface area (TPSA) is 79.8 Å². The van der Waals surface area contributed by atoms with Crippen molar-refractivity contribution < 1.29 is 8.42 Å². The van der Waals surface area contributed by atoms with Gasteiger partial charge in [0.05, 0.1) is 6.33 Å². The van der Waals surface area contributed by atoms with Crippen LogP contribution < -0.4 is 4.72 Å². The van der Waals surface area contributed by atoms with Gasteiger partial charge in [0.2, 0.25) is 5.03 Å². The first kappa shape index (κ1) is 18.7. The zero-order valence-electron chi connectivity index (χ0n) is 15.1. The maximum atomic E-state index is 12.8. The molecule has 0 unspecified atom stereocenters. The zero-order valence-corrected chi connectivity index (χ0v) is 16.7. The molecule has 0 aliphatic carbocycles. The molecule has 1 atom stereocenters. The molecule has 144 valence electrons. The van der Waals surface area contributed by atoms with E-state index in [2.05, 4.69) is 14.7 Å². The van der Waals surface area contributed by atoms with Gasteiger partial charge in [-0.3, -0.25) is 0 Å². The number of sulfonamides is 1. The van der Waals surface area contributed by atoms with E-state index in [-0.39, 0.29) is 22.6 Å². The number of aromatic nitrogens is 3. The van der Waals surface area contributed by atoms with Crippen LogP contribution in [0.25, 0.3) is 10.9 Å². The molecule has 0 saturated carbocycles. The van der Waals surface area contributed by atoms with Gasteiger partial charge in [0.1, 0.15) is 5.15 Å². The van der Waals surface area contributed by atoms with Crippen molar-refractivity contribution in [2.24, 2.45) is 7.05 Å². The Bertz CT molecular complexity index is 1220. The summed E-state index contributed by atoms with van der Waals surface area (Å²) in [4.78, 5) is 7.19. The lowest BCUT2D eigenvalue weighted by molar-refractivity contribution is 0.574. The second-order valence-corrected chi connectivity index (χ2v) is 8.60. The van der Waals surface area contributed by atoms with E-state index in [4.69, 9.17) is 11.6 Å². The quantitative estimate of drug-likeness (QED) is 0.505. The van der Waals surface area contributed by atoms with Crippen LogP contribution in [0.15, 0.2) is 72.1 Å². The standard InChI is InChI=1S/C20H19ClN4O2S/c1-25-13-23-20(19(25)21)28(26,27)24-12-16(14-7-3-2-4-8-14)17-11-22-18-10-6-5-9-15(17)18/h2-11,13,16,22,24H,12H2,1H3/t16-/m1/s1. The van der Waals surface area contributed by atoms with Crippen LogP contribution in [-0.4, -0.2) is 29.5 Å². The van der Waals surface area contributed by atoms with Crippen LogP contribution in [0.2, 0.25) is 5.15 Å². The van der Waals surface area contributed by atoms with Crippen molar-refractivity contribution in [1.29, 1.82) is 0 Å². The average molecular weight is 415 g/mol. The van der Waals surface area contributed by atoms with E-state index >= 15 is 0 Å². The van der Waals surface area contributed by atoms with Crippen molar-refractivity contribution in [3.05, 3.63) is 83.4 Å². The summed E-state index contributed by atoms with van der Waals surface area (Å²) in [5, 5.41) is 0.977. The van der Waals surface area contributed by atoms with Gasteiger partial charge >= 0.3 is 0 Å². The molecule has 6 nitrogen and oxygen atoms in total. The fourth-order valence-corrected chi connectivity index (χ4v) is 4.78. The Morgan fingerprint density at radius 2 is 1.86 bits per heavy atom. The van der Waals surface area contributed by atoms with Crippen LogP contribution in [0.1, 0.15) is 17.0 Å². The number of H-pyrrole nitrogens is 1. The van der Waals surface area contributed by atoms with Crippen LogP contribution in [0.5, 0.6) is 0 Å². The molecule has 0 fully saturated rings. The molecule has 0 aliphatic rings. The van der Waals surface area contributed by atoms with E-state index in [1.54, 1.807) is 7.05 Å². The molecule has 4 rings (SSSR count). The summed E-state index contributed by atoms with van der Waals surface area (Å²) in [6.45, 7) is 0.182. The van der Waals surface area contributed by atoms with E-state index < -0.39 is 10.0 Å². The van der Waals surface area contributed by atoms with Gasteiger partial charge in [-0.2, -0.15) is 0 Å². The number of halogens is 1. The van der Waals surface area contributed by atoms with Crippen molar-refractivity contribution in [3.63, 3.8) is 0 Å². The summed E-state index contributed by atoms with van der Waals surface area (Å²) in [5.74, 6) is -0.172. The van der Waals surface area contributed by atoms with E-state index in [1.807, 2.05) is 60.8 Å². The highest BCUT2D eigenvalue weighted by atomic mass is 35.5. The second-order valence-electron chi connectivity index (χ2n) is 6.56. The molecule has 2 aromatic carbocycles. The maximum absolute atomic E-state index is 12.8. The molecule has 8 heteroatoms. The number of hydrogen-bond donors (Lipinski definition) is 2. The number of nitrogens with one attached hydrogen (secondary N) is 2. The van der Waals surface area contributed by atoms with E-state index in [1.165, 1.54) is 10.9 Å². The Morgan fingerprint density at radius 1 is 1.14 bits per heavy atom. The summed E-state index contributed by atoms with van der Waals surface area (Å²) in [5.41, 5.74) is 3.05. The molecule has 0 aliphatic heterocycles. The SMILES string of the molecule is Cn1cnc(S(=O)(=O)NC[C@H](c2ccccc2)c2c[nH]c3ccccc23)c1Cl. The Kier molecular flexibility index (Phi) is 4.97. The predicted octanol–water partition coefficient (Wildman–Crippen LogP) is 3.67. The van der Waals surface area contributed by atoms with Gasteiger partial charge in [-0.1, -0.05) is 60.1 Å². The molecule has 2 heterocycles. The van der Waals surface area contributed by atoms with Gasteiger partial charge in [0, 0.05) is 36.6 Å². The predicted molar refractivity (Wildman–Crippen MR) is 110 cm³/mol. The minimum Gasteiger partial charge on any atom is -0.361 e. The van der Waals surface area contributed by atoms with Crippen molar-refractivity contribution in [1.82, 2.24) is 19.3 Å². The molecular formula is C20H19ClN4O2S. The summed E-state index contributed by atoms with van der Waals surface area (Å²) in [6.07, 6.45) is 3.32. The average Bonchev–Trinajstić information content (AvgIpc) is 3.27. The van der Waals surface area contributed by atoms with E-state index in [9.17, 15) is 8.42 Å². The number of benzene rings is 2. The molecule has 2 aromatic heterocycles. The van der Waals surface area contributed by atoms with Gasteiger partial charge in [0.25, 0.3) is 10.0 Å². The normalized spacial score (nSPS) is 13.1. The van der Waals surface area contributed by atoms with Gasteiger partial charge in [-0.15, -0.1) is 0 Å². The fourth-order valence-electron chi connectivity index (χ4n) is 3.31. The number of hydrogen-bond acceptors (Lipinski definition) is 3. The summed E-state index contributed by atoms with van der Waals surface area (Å²) in [7, 11) is -2.20. The first-order chi connectivity index (χ1) is 13.5. The van der Waals surface area contributed by atoms with Crippen LogP contribution in [0.4, 0.5) is 0 Å². The molecule has 28 heavy (non-hydrogen) atoms. The minimum atomic E-state index is -3.84. The summed E-state index contributed by atoms with van der Waals surface area (Å²) >= 11 is 6.08. The van der Waals surface area contributed by atoms with E-state index in [0.29, 0.717) is 0 Å². The summed E-state index contributed by atoms with van der Waals surface area (Å²) < 4.78 is 29.7. The zero-order chi connectivity index (χ0) is 19.7. The lowest BCUT2D eigenvalue weighted by atomic mass is 9.91. The summed E-state index contributed by atoms with van der Waals surface area (Å²) in [6, 6.07) is 17.8. The van der Waals surface area contributed by atoms with Crippen molar-refractivity contribution in [3.8, 4) is 0 Å². The van der Waals surface area contributed by atoms with E-state index in [0.717, 1.165) is 22.0 Å². The van der Waals surface area contributed by atoms with Gasteiger partial charge in [-0.05, 0) is 17.2 Å². The molecule has 0 saturated heterocycles. The minimum absolute atomic E-state index is 0.0795. The number of para-hydroxylation sites is 1.